The topological polar surface area (TPSA) is 67.4 Å². The van der Waals surface area contributed by atoms with Crippen molar-refractivity contribution in [1.82, 2.24) is 10.6 Å². The summed E-state index contributed by atoms with van der Waals surface area (Å²) in [6, 6.07) is 8.38. The van der Waals surface area contributed by atoms with Gasteiger partial charge in [-0.3, -0.25) is 4.79 Å². The SMILES string of the molecule is CCOC(=O)[C@H](NC(=O)CCCNC)c1ccccc1. The second kappa shape index (κ2) is 9.09. The van der Waals surface area contributed by atoms with E-state index in [0.717, 1.165) is 18.5 Å². The summed E-state index contributed by atoms with van der Waals surface area (Å²) in [5, 5.41) is 5.72. The summed E-state index contributed by atoms with van der Waals surface area (Å²) in [6.07, 6.45) is 1.11. The van der Waals surface area contributed by atoms with Crippen LogP contribution < -0.4 is 10.6 Å². The monoisotopic (exact) mass is 278 g/mol. The van der Waals surface area contributed by atoms with E-state index in [1.54, 1.807) is 19.1 Å². The van der Waals surface area contributed by atoms with Crippen LogP contribution in [0.3, 0.4) is 0 Å². The van der Waals surface area contributed by atoms with Crippen molar-refractivity contribution in [3.8, 4) is 0 Å². The molecule has 20 heavy (non-hydrogen) atoms. The van der Waals surface area contributed by atoms with Crippen molar-refractivity contribution in [3.63, 3.8) is 0 Å². The lowest BCUT2D eigenvalue weighted by Gasteiger charge is -2.17. The second-order valence-corrected chi connectivity index (χ2v) is 4.37. The molecule has 1 aromatic rings. The quantitative estimate of drug-likeness (QED) is 0.557. The highest BCUT2D eigenvalue weighted by Gasteiger charge is 2.23. The van der Waals surface area contributed by atoms with Gasteiger partial charge in [-0.2, -0.15) is 0 Å². The van der Waals surface area contributed by atoms with Crippen molar-refractivity contribution in [3.05, 3.63) is 35.9 Å². The molecule has 0 unspecified atom stereocenters. The number of rotatable bonds is 8. The first kappa shape index (κ1) is 16.2. The Hall–Kier alpha value is -1.88. The van der Waals surface area contributed by atoms with E-state index < -0.39 is 12.0 Å². The van der Waals surface area contributed by atoms with Gasteiger partial charge >= 0.3 is 5.97 Å². The molecule has 0 radical (unpaired) electrons. The fourth-order valence-electron chi connectivity index (χ4n) is 1.81. The number of carbonyl (C=O) groups excluding carboxylic acids is 2. The number of ether oxygens (including phenoxy) is 1. The lowest BCUT2D eigenvalue weighted by atomic mass is 10.1. The van der Waals surface area contributed by atoms with Crippen LogP contribution in [0.25, 0.3) is 0 Å². The van der Waals surface area contributed by atoms with Gasteiger partial charge in [-0.25, -0.2) is 4.79 Å². The van der Waals surface area contributed by atoms with Crippen LogP contribution in [0.2, 0.25) is 0 Å². The predicted molar refractivity (Wildman–Crippen MR) is 77.1 cm³/mol. The minimum absolute atomic E-state index is 0.151. The van der Waals surface area contributed by atoms with E-state index in [0.29, 0.717) is 6.42 Å². The molecule has 5 heteroatoms. The Kier molecular flexibility index (Phi) is 7.35. The van der Waals surface area contributed by atoms with Crippen LogP contribution in [0.15, 0.2) is 30.3 Å². The average molecular weight is 278 g/mol. The molecule has 2 N–H and O–H groups in total. The highest BCUT2D eigenvalue weighted by Crippen LogP contribution is 2.14. The Bertz CT molecular complexity index is 420. The molecule has 0 fully saturated rings. The molecular weight excluding hydrogens is 256 g/mol. The van der Waals surface area contributed by atoms with Crippen LogP contribution in [-0.4, -0.2) is 32.1 Å². The van der Waals surface area contributed by atoms with Crippen molar-refractivity contribution in [2.75, 3.05) is 20.2 Å². The molecule has 0 heterocycles. The summed E-state index contributed by atoms with van der Waals surface area (Å²) in [6.45, 7) is 2.80. The van der Waals surface area contributed by atoms with E-state index in [-0.39, 0.29) is 12.5 Å². The van der Waals surface area contributed by atoms with Gasteiger partial charge in [-0.15, -0.1) is 0 Å². The van der Waals surface area contributed by atoms with Gasteiger partial charge in [0, 0.05) is 6.42 Å². The summed E-state index contributed by atoms with van der Waals surface area (Å²) < 4.78 is 5.02. The molecule has 0 spiro atoms. The van der Waals surface area contributed by atoms with Crippen LogP contribution >= 0.6 is 0 Å². The zero-order chi connectivity index (χ0) is 14.8. The van der Waals surface area contributed by atoms with Gasteiger partial charge in [0.1, 0.15) is 0 Å². The number of esters is 1. The molecule has 110 valence electrons. The third-order valence-electron chi connectivity index (χ3n) is 2.79. The fourth-order valence-corrected chi connectivity index (χ4v) is 1.81. The molecule has 1 aromatic carbocycles. The van der Waals surface area contributed by atoms with E-state index in [1.807, 2.05) is 25.2 Å². The molecule has 1 atom stereocenters. The Morgan fingerprint density at radius 2 is 1.95 bits per heavy atom. The smallest absolute Gasteiger partial charge is 0.333 e. The molecule has 0 bridgehead atoms. The van der Waals surface area contributed by atoms with Crippen molar-refractivity contribution in [2.45, 2.75) is 25.8 Å². The number of hydrogen-bond acceptors (Lipinski definition) is 4. The Labute approximate surface area is 119 Å². The van der Waals surface area contributed by atoms with Crippen molar-refractivity contribution in [1.29, 1.82) is 0 Å². The molecule has 0 aliphatic heterocycles. The van der Waals surface area contributed by atoms with E-state index in [1.165, 1.54) is 0 Å². The van der Waals surface area contributed by atoms with E-state index in [9.17, 15) is 9.59 Å². The van der Waals surface area contributed by atoms with Crippen molar-refractivity contribution >= 4 is 11.9 Å². The summed E-state index contributed by atoms with van der Waals surface area (Å²) in [5.74, 6) is -0.581. The van der Waals surface area contributed by atoms with Gasteiger partial charge < -0.3 is 15.4 Å². The molecule has 1 rings (SSSR count). The van der Waals surface area contributed by atoms with Crippen LogP contribution in [0, 0.1) is 0 Å². The first-order valence-corrected chi connectivity index (χ1v) is 6.84. The van der Waals surface area contributed by atoms with Gasteiger partial charge in [0.25, 0.3) is 0 Å². The molecular formula is C15H22N2O3. The summed E-state index contributed by atoms with van der Waals surface area (Å²) in [7, 11) is 1.84. The van der Waals surface area contributed by atoms with Gasteiger partial charge in [0.15, 0.2) is 6.04 Å². The van der Waals surface area contributed by atoms with Crippen molar-refractivity contribution in [2.24, 2.45) is 0 Å². The molecule has 0 aromatic heterocycles. The van der Waals surface area contributed by atoms with Crippen LogP contribution in [0.5, 0.6) is 0 Å². The van der Waals surface area contributed by atoms with Crippen LogP contribution in [0.4, 0.5) is 0 Å². The lowest BCUT2D eigenvalue weighted by Crippen LogP contribution is -2.35. The largest absolute Gasteiger partial charge is 0.464 e. The van der Waals surface area contributed by atoms with E-state index in [4.69, 9.17) is 4.74 Å². The predicted octanol–water partition coefficient (Wildman–Crippen LogP) is 1.41. The molecule has 1 amide bonds. The maximum atomic E-state index is 12.0. The number of nitrogens with one attached hydrogen (secondary N) is 2. The van der Waals surface area contributed by atoms with Crippen molar-refractivity contribution < 1.29 is 14.3 Å². The zero-order valence-electron chi connectivity index (χ0n) is 12.0. The summed E-state index contributed by atoms with van der Waals surface area (Å²) >= 11 is 0. The maximum absolute atomic E-state index is 12.0. The Balaban J connectivity index is 2.68. The highest BCUT2D eigenvalue weighted by molar-refractivity contribution is 5.85. The number of hydrogen-bond donors (Lipinski definition) is 2. The minimum atomic E-state index is -0.738. The van der Waals surface area contributed by atoms with Gasteiger partial charge in [-0.1, -0.05) is 30.3 Å². The number of benzene rings is 1. The number of carbonyl (C=O) groups is 2. The molecule has 0 aliphatic carbocycles. The normalized spacial score (nSPS) is 11.7. The van der Waals surface area contributed by atoms with Crippen LogP contribution in [0.1, 0.15) is 31.4 Å². The maximum Gasteiger partial charge on any atom is 0.333 e. The Morgan fingerprint density at radius 3 is 2.55 bits per heavy atom. The Morgan fingerprint density at radius 1 is 1.25 bits per heavy atom. The van der Waals surface area contributed by atoms with E-state index >= 15 is 0 Å². The van der Waals surface area contributed by atoms with E-state index in [2.05, 4.69) is 10.6 Å². The van der Waals surface area contributed by atoms with Gasteiger partial charge in [0.2, 0.25) is 5.91 Å². The summed E-state index contributed by atoms with van der Waals surface area (Å²) in [4.78, 5) is 23.8. The van der Waals surface area contributed by atoms with Gasteiger partial charge in [0.05, 0.1) is 6.61 Å². The molecule has 0 saturated heterocycles. The standard InChI is InChI=1S/C15H22N2O3/c1-3-20-15(19)14(12-8-5-4-6-9-12)17-13(18)10-7-11-16-2/h4-6,8-9,14,16H,3,7,10-11H2,1-2H3,(H,17,18)/t14-/m1/s1. The fraction of sp³-hybridized carbons (Fsp3) is 0.467. The molecule has 0 saturated carbocycles. The third-order valence-corrected chi connectivity index (χ3v) is 2.79. The van der Waals surface area contributed by atoms with Crippen LogP contribution in [-0.2, 0) is 14.3 Å². The zero-order valence-corrected chi connectivity index (χ0v) is 12.0. The summed E-state index contributed by atoms with van der Waals surface area (Å²) in [5.41, 5.74) is 0.730. The molecule has 0 aliphatic rings. The lowest BCUT2D eigenvalue weighted by molar-refractivity contribution is -0.147. The average Bonchev–Trinajstić information content (AvgIpc) is 2.46. The molecule has 5 nitrogen and oxygen atoms in total. The second-order valence-electron chi connectivity index (χ2n) is 4.37. The first-order valence-electron chi connectivity index (χ1n) is 6.84. The third kappa shape index (κ3) is 5.40. The van der Waals surface area contributed by atoms with Gasteiger partial charge in [-0.05, 0) is 32.5 Å². The highest BCUT2D eigenvalue weighted by atomic mass is 16.5. The number of amides is 1. The first-order chi connectivity index (χ1) is 9.69. The minimum Gasteiger partial charge on any atom is -0.464 e.